The van der Waals surface area contributed by atoms with Gasteiger partial charge in [0, 0.05) is 32.8 Å². The fourth-order valence-electron chi connectivity index (χ4n) is 2.24. The fraction of sp³-hybridized carbons (Fsp3) is 0.636. The van der Waals surface area contributed by atoms with E-state index < -0.39 is 5.97 Å². The van der Waals surface area contributed by atoms with Gasteiger partial charge in [-0.3, -0.25) is 9.69 Å². The topological polar surface area (TPSA) is 58.4 Å². The van der Waals surface area contributed by atoms with E-state index in [1.54, 1.807) is 6.33 Å². The smallest absolute Gasteiger partial charge is 0.303 e. The molecule has 1 N–H and O–H groups in total. The lowest BCUT2D eigenvalue weighted by Gasteiger charge is -2.15. The second-order valence-corrected chi connectivity index (χ2v) is 4.48. The molecule has 0 radical (unpaired) electrons. The summed E-state index contributed by atoms with van der Waals surface area (Å²) in [5.74, 6) is -0.377. The van der Waals surface area contributed by atoms with Gasteiger partial charge in [-0.15, -0.1) is 0 Å². The maximum absolute atomic E-state index is 10.6. The summed E-state index contributed by atoms with van der Waals surface area (Å²) in [5, 5.41) is 8.73. The zero-order valence-electron chi connectivity index (χ0n) is 9.46. The van der Waals surface area contributed by atoms with Crippen molar-refractivity contribution in [2.24, 2.45) is 13.0 Å². The minimum absolute atomic E-state index is 0.294. The van der Waals surface area contributed by atoms with Crippen LogP contribution < -0.4 is 0 Å². The number of aliphatic carboxylic acids is 1. The minimum atomic E-state index is -0.688. The van der Waals surface area contributed by atoms with Gasteiger partial charge >= 0.3 is 5.97 Å². The quantitative estimate of drug-likeness (QED) is 0.817. The van der Waals surface area contributed by atoms with Gasteiger partial charge in [0.15, 0.2) is 0 Å². The highest BCUT2D eigenvalue weighted by Gasteiger charge is 2.24. The highest BCUT2D eigenvalue weighted by molar-refractivity contribution is 5.67. The molecule has 2 heterocycles. The van der Waals surface area contributed by atoms with Gasteiger partial charge in [-0.25, -0.2) is 4.98 Å². The first kappa shape index (κ1) is 11.1. The molecule has 0 saturated carbocycles. The van der Waals surface area contributed by atoms with Gasteiger partial charge in [-0.05, 0) is 18.9 Å². The molecule has 0 aromatic carbocycles. The Morgan fingerprint density at radius 1 is 1.69 bits per heavy atom. The van der Waals surface area contributed by atoms with Crippen molar-refractivity contribution in [3.63, 3.8) is 0 Å². The molecule has 1 fully saturated rings. The maximum atomic E-state index is 10.6. The molecule has 1 aromatic heterocycles. The van der Waals surface area contributed by atoms with Crippen LogP contribution in [0.1, 0.15) is 18.5 Å². The van der Waals surface area contributed by atoms with Crippen molar-refractivity contribution < 1.29 is 9.90 Å². The summed E-state index contributed by atoms with van der Waals surface area (Å²) in [6.07, 6.45) is 4.94. The third-order valence-electron chi connectivity index (χ3n) is 3.14. The second kappa shape index (κ2) is 4.65. The number of carboxylic acids is 1. The monoisotopic (exact) mass is 223 g/mol. The number of hydrogen-bond donors (Lipinski definition) is 1. The largest absolute Gasteiger partial charge is 0.481 e. The van der Waals surface area contributed by atoms with Crippen molar-refractivity contribution in [1.29, 1.82) is 0 Å². The molecule has 1 aliphatic rings. The highest BCUT2D eigenvalue weighted by Crippen LogP contribution is 2.21. The van der Waals surface area contributed by atoms with Crippen LogP contribution in [0.5, 0.6) is 0 Å². The van der Waals surface area contributed by atoms with Crippen molar-refractivity contribution in [2.45, 2.75) is 19.4 Å². The number of hydrogen-bond acceptors (Lipinski definition) is 3. The van der Waals surface area contributed by atoms with E-state index in [0.29, 0.717) is 12.3 Å². The number of carboxylic acid groups (broad SMARTS) is 1. The molecule has 1 unspecified atom stereocenters. The molecule has 0 amide bonds. The molecular weight excluding hydrogens is 206 g/mol. The minimum Gasteiger partial charge on any atom is -0.481 e. The van der Waals surface area contributed by atoms with Gasteiger partial charge in [-0.2, -0.15) is 0 Å². The Bertz CT molecular complexity index is 375. The summed E-state index contributed by atoms with van der Waals surface area (Å²) < 4.78 is 2.00. The standard InChI is InChI=1S/C11H17N3O2/c1-13-8-12-5-10(13)7-14-3-2-9(6-14)4-11(15)16/h5,8-9H,2-4,6-7H2,1H3,(H,15,16). The van der Waals surface area contributed by atoms with E-state index in [4.69, 9.17) is 5.11 Å². The Hall–Kier alpha value is -1.36. The van der Waals surface area contributed by atoms with Crippen molar-refractivity contribution in [1.82, 2.24) is 14.5 Å². The Kier molecular flexibility index (Phi) is 3.24. The number of nitrogens with zero attached hydrogens (tertiary/aromatic N) is 3. The lowest BCUT2D eigenvalue weighted by Crippen LogP contribution is -2.22. The van der Waals surface area contributed by atoms with E-state index in [9.17, 15) is 4.79 Å². The number of likely N-dealkylation sites (tertiary alicyclic amines) is 1. The second-order valence-electron chi connectivity index (χ2n) is 4.48. The van der Waals surface area contributed by atoms with E-state index in [2.05, 4.69) is 9.88 Å². The first-order valence-corrected chi connectivity index (χ1v) is 5.54. The Balaban J connectivity index is 1.85. The molecule has 16 heavy (non-hydrogen) atoms. The molecule has 2 rings (SSSR count). The van der Waals surface area contributed by atoms with Gasteiger partial charge in [0.1, 0.15) is 0 Å². The SMILES string of the molecule is Cn1cncc1CN1CCC(CC(=O)O)C1. The Morgan fingerprint density at radius 2 is 2.50 bits per heavy atom. The molecule has 1 aliphatic heterocycles. The van der Waals surface area contributed by atoms with E-state index >= 15 is 0 Å². The van der Waals surface area contributed by atoms with Crippen molar-refractivity contribution in [3.8, 4) is 0 Å². The van der Waals surface area contributed by atoms with Crippen molar-refractivity contribution in [2.75, 3.05) is 13.1 Å². The van der Waals surface area contributed by atoms with Crippen molar-refractivity contribution in [3.05, 3.63) is 18.2 Å². The first-order chi connectivity index (χ1) is 7.65. The van der Waals surface area contributed by atoms with Crippen LogP contribution in [0.3, 0.4) is 0 Å². The third-order valence-corrected chi connectivity index (χ3v) is 3.14. The lowest BCUT2D eigenvalue weighted by atomic mass is 10.1. The molecule has 0 spiro atoms. The van der Waals surface area contributed by atoms with E-state index in [-0.39, 0.29) is 0 Å². The van der Waals surface area contributed by atoms with Crippen LogP contribution in [0.15, 0.2) is 12.5 Å². The fourth-order valence-corrected chi connectivity index (χ4v) is 2.24. The van der Waals surface area contributed by atoms with Gasteiger partial charge in [-0.1, -0.05) is 0 Å². The Labute approximate surface area is 94.7 Å². The Morgan fingerprint density at radius 3 is 3.12 bits per heavy atom. The van der Waals surface area contributed by atoms with E-state index in [1.807, 2.05) is 17.8 Å². The van der Waals surface area contributed by atoms with Gasteiger partial charge in [0.25, 0.3) is 0 Å². The van der Waals surface area contributed by atoms with Crippen LogP contribution in [0.4, 0.5) is 0 Å². The van der Waals surface area contributed by atoms with E-state index in [0.717, 1.165) is 26.1 Å². The zero-order valence-corrected chi connectivity index (χ0v) is 9.46. The van der Waals surface area contributed by atoms with Gasteiger partial charge < -0.3 is 9.67 Å². The summed E-state index contributed by atoms with van der Waals surface area (Å²) >= 11 is 0. The zero-order chi connectivity index (χ0) is 11.5. The molecular formula is C11H17N3O2. The molecule has 0 bridgehead atoms. The third kappa shape index (κ3) is 2.61. The normalized spacial score (nSPS) is 21.4. The summed E-state index contributed by atoms with van der Waals surface area (Å²) in [4.78, 5) is 17.0. The lowest BCUT2D eigenvalue weighted by molar-refractivity contribution is -0.138. The summed E-state index contributed by atoms with van der Waals surface area (Å²) in [6.45, 7) is 2.74. The average Bonchev–Trinajstić information content (AvgIpc) is 2.77. The van der Waals surface area contributed by atoms with Crippen LogP contribution >= 0.6 is 0 Å². The predicted octanol–water partition coefficient (Wildman–Crippen LogP) is 0.717. The summed E-state index contributed by atoms with van der Waals surface area (Å²) in [7, 11) is 1.98. The molecule has 5 heteroatoms. The van der Waals surface area contributed by atoms with Crippen LogP contribution in [0.2, 0.25) is 0 Å². The number of aryl methyl sites for hydroxylation is 1. The van der Waals surface area contributed by atoms with Crippen LogP contribution in [-0.4, -0.2) is 38.6 Å². The van der Waals surface area contributed by atoms with E-state index in [1.165, 1.54) is 5.69 Å². The van der Waals surface area contributed by atoms with Crippen LogP contribution in [0.25, 0.3) is 0 Å². The maximum Gasteiger partial charge on any atom is 0.303 e. The number of aromatic nitrogens is 2. The molecule has 1 aromatic rings. The molecule has 5 nitrogen and oxygen atoms in total. The number of rotatable bonds is 4. The average molecular weight is 223 g/mol. The predicted molar refractivity (Wildman–Crippen MR) is 58.8 cm³/mol. The number of imidazole rings is 1. The molecule has 0 aliphatic carbocycles. The molecule has 1 atom stereocenters. The van der Waals surface area contributed by atoms with Crippen LogP contribution in [-0.2, 0) is 18.4 Å². The summed E-state index contributed by atoms with van der Waals surface area (Å²) in [6, 6.07) is 0. The van der Waals surface area contributed by atoms with Crippen molar-refractivity contribution >= 4 is 5.97 Å². The number of carbonyl (C=O) groups is 1. The van der Waals surface area contributed by atoms with Gasteiger partial charge in [0.2, 0.25) is 0 Å². The molecule has 1 saturated heterocycles. The molecule has 88 valence electrons. The van der Waals surface area contributed by atoms with Crippen LogP contribution in [0, 0.1) is 5.92 Å². The first-order valence-electron chi connectivity index (χ1n) is 5.54. The highest BCUT2D eigenvalue weighted by atomic mass is 16.4. The van der Waals surface area contributed by atoms with Gasteiger partial charge in [0.05, 0.1) is 12.0 Å². The summed E-state index contributed by atoms with van der Waals surface area (Å²) in [5.41, 5.74) is 1.18.